The highest BCUT2D eigenvalue weighted by Crippen LogP contribution is 2.21. The molecule has 0 aromatic carbocycles. The van der Waals surface area contributed by atoms with Crippen molar-refractivity contribution in [2.75, 3.05) is 26.7 Å². The maximum atomic E-state index is 4.50. The third-order valence-electron chi connectivity index (χ3n) is 2.99. The molecule has 0 saturated carbocycles. The van der Waals surface area contributed by atoms with Crippen LogP contribution in [0.15, 0.2) is 12.3 Å². The van der Waals surface area contributed by atoms with Crippen molar-refractivity contribution < 1.29 is 0 Å². The average Bonchev–Trinajstić information content (AvgIpc) is 2.27. The van der Waals surface area contributed by atoms with Crippen molar-refractivity contribution >= 4 is 12.6 Å². The van der Waals surface area contributed by atoms with Gasteiger partial charge in [0.2, 0.25) is 0 Å². The van der Waals surface area contributed by atoms with E-state index in [4.69, 9.17) is 0 Å². The second-order valence-electron chi connectivity index (χ2n) is 4.13. The van der Waals surface area contributed by atoms with Crippen molar-refractivity contribution in [2.24, 2.45) is 0 Å². The summed E-state index contributed by atoms with van der Waals surface area (Å²) in [4.78, 5) is 4.76. The molecule has 2 heterocycles. The summed E-state index contributed by atoms with van der Waals surface area (Å²) in [6, 6.07) is 0.614. The van der Waals surface area contributed by atoms with Crippen LogP contribution in [0.25, 0.3) is 0 Å². The number of likely N-dealkylation sites (N-methyl/N-ethyl adjacent to an activating group) is 1. The maximum absolute atomic E-state index is 4.50. The van der Waals surface area contributed by atoms with Gasteiger partial charge in [0.1, 0.15) is 0 Å². The van der Waals surface area contributed by atoms with Gasteiger partial charge in [-0.2, -0.15) is 12.6 Å². The van der Waals surface area contributed by atoms with E-state index in [-0.39, 0.29) is 0 Å². The van der Waals surface area contributed by atoms with Crippen molar-refractivity contribution in [3.63, 3.8) is 0 Å². The van der Waals surface area contributed by atoms with Crippen LogP contribution < -0.4 is 0 Å². The van der Waals surface area contributed by atoms with E-state index < -0.39 is 0 Å². The number of rotatable bonds is 2. The third-order valence-corrected chi connectivity index (χ3v) is 3.36. The Bertz CT molecular complexity index is 201. The summed E-state index contributed by atoms with van der Waals surface area (Å²) in [6.45, 7) is 3.62. The van der Waals surface area contributed by atoms with Gasteiger partial charge in [-0.25, -0.2) is 0 Å². The number of hydrogen-bond acceptors (Lipinski definition) is 3. The summed E-state index contributed by atoms with van der Waals surface area (Å²) >= 11 is 4.50. The number of nitrogens with zero attached hydrogens (tertiary/aromatic N) is 2. The Morgan fingerprint density at radius 2 is 2.15 bits per heavy atom. The van der Waals surface area contributed by atoms with Gasteiger partial charge in [-0.05, 0) is 26.1 Å². The summed E-state index contributed by atoms with van der Waals surface area (Å²) < 4.78 is 0. The molecule has 2 rings (SSSR count). The molecule has 0 aliphatic carbocycles. The molecular weight excluding hydrogens is 180 g/mol. The summed E-state index contributed by atoms with van der Waals surface area (Å²) in [6.07, 6.45) is 7.15. The van der Waals surface area contributed by atoms with Crippen molar-refractivity contribution in [1.29, 1.82) is 0 Å². The topological polar surface area (TPSA) is 6.48 Å². The zero-order valence-electron chi connectivity index (χ0n) is 8.19. The largest absolute Gasteiger partial charge is 0.377 e. The first-order valence-electron chi connectivity index (χ1n) is 5.06. The lowest BCUT2D eigenvalue weighted by Gasteiger charge is -2.30. The van der Waals surface area contributed by atoms with Crippen LogP contribution in [0.1, 0.15) is 12.8 Å². The Labute approximate surface area is 86.0 Å². The molecule has 2 nitrogen and oxygen atoms in total. The van der Waals surface area contributed by atoms with Crippen LogP contribution in [0.2, 0.25) is 0 Å². The first-order valence-corrected chi connectivity index (χ1v) is 5.58. The van der Waals surface area contributed by atoms with Gasteiger partial charge in [-0.15, -0.1) is 0 Å². The Hall–Kier alpha value is -0.150. The highest BCUT2D eigenvalue weighted by atomic mass is 32.1. The quantitative estimate of drug-likeness (QED) is 0.666. The number of hydrogen-bond donors (Lipinski definition) is 1. The molecule has 0 aromatic heterocycles. The van der Waals surface area contributed by atoms with Gasteiger partial charge in [0.25, 0.3) is 0 Å². The molecule has 74 valence electrons. The summed E-state index contributed by atoms with van der Waals surface area (Å²) in [7, 11) is 2.18. The van der Waals surface area contributed by atoms with E-state index in [1.165, 1.54) is 25.9 Å². The van der Waals surface area contributed by atoms with Gasteiger partial charge in [0.15, 0.2) is 0 Å². The first-order chi connectivity index (χ1) is 6.25. The van der Waals surface area contributed by atoms with Crippen LogP contribution in [-0.2, 0) is 0 Å². The predicted molar refractivity (Wildman–Crippen MR) is 59.1 cm³/mol. The molecule has 0 unspecified atom stereocenters. The molecule has 2 aliphatic rings. The van der Waals surface area contributed by atoms with Crippen LogP contribution in [0, 0.1) is 0 Å². The van der Waals surface area contributed by atoms with E-state index in [9.17, 15) is 0 Å². The molecule has 2 aliphatic heterocycles. The Balaban J connectivity index is 1.83. The van der Waals surface area contributed by atoms with Gasteiger partial charge >= 0.3 is 0 Å². The first kappa shape index (κ1) is 9.41. The van der Waals surface area contributed by atoms with E-state index in [1.807, 2.05) is 0 Å². The van der Waals surface area contributed by atoms with Crippen LogP contribution >= 0.6 is 12.6 Å². The van der Waals surface area contributed by atoms with Crippen molar-refractivity contribution in [1.82, 2.24) is 9.80 Å². The van der Waals surface area contributed by atoms with Crippen molar-refractivity contribution in [3.8, 4) is 0 Å². The fourth-order valence-electron chi connectivity index (χ4n) is 1.94. The van der Waals surface area contributed by atoms with Crippen molar-refractivity contribution in [3.05, 3.63) is 12.3 Å². The second-order valence-corrected chi connectivity index (χ2v) is 4.86. The fraction of sp³-hybridized carbons (Fsp3) is 0.800. The molecule has 13 heavy (non-hydrogen) atoms. The van der Waals surface area contributed by atoms with E-state index in [0.29, 0.717) is 11.3 Å². The minimum absolute atomic E-state index is 0.566. The maximum Gasteiger partial charge on any atom is 0.0303 e. The van der Waals surface area contributed by atoms with Crippen LogP contribution in [-0.4, -0.2) is 47.8 Å². The van der Waals surface area contributed by atoms with Gasteiger partial charge in [-0.1, -0.05) is 6.08 Å². The minimum Gasteiger partial charge on any atom is -0.377 e. The lowest BCUT2D eigenvalue weighted by Crippen LogP contribution is -2.33. The molecule has 2 fully saturated rings. The monoisotopic (exact) mass is 198 g/mol. The minimum atomic E-state index is 0.566. The normalized spacial score (nSPS) is 35.7. The Morgan fingerprint density at radius 1 is 1.38 bits per heavy atom. The van der Waals surface area contributed by atoms with E-state index in [0.717, 1.165) is 6.54 Å². The lowest BCUT2D eigenvalue weighted by atomic mass is 10.2. The number of thiol groups is 1. The molecule has 2 atom stereocenters. The van der Waals surface area contributed by atoms with Crippen LogP contribution in [0.3, 0.4) is 0 Å². The molecule has 3 heteroatoms. The highest BCUT2D eigenvalue weighted by Gasteiger charge is 2.25. The average molecular weight is 198 g/mol. The molecule has 0 spiro atoms. The Kier molecular flexibility index (Phi) is 2.84. The van der Waals surface area contributed by atoms with Gasteiger partial charge in [0, 0.05) is 30.9 Å². The zero-order chi connectivity index (χ0) is 9.26. The highest BCUT2D eigenvalue weighted by molar-refractivity contribution is 7.81. The van der Waals surface area contributed by atoms with Gasteiger partial charge < -0.3 is 4.90 Å². The van der Waals surface area contributed by atoms with Crippen LogP contribution in [0.4, 0.5) is 0 Å². The summed E-state index contributed by atoms with van der Waals surface area (Å²) in [5.74, 6) is 0. The van der Waals surface area contributed by atoms with Crippen LogP contribution in [0.5, 0.6) is 0 Å². The summed E-state index contributed by atoms with van der Waals surface area (Å²) in [5, 5.41) is 0.566. The molecule has 0 N–H and O–H groups in total. The number of likely N-dealkylation sites (tertiary alicyclic amines) is 2. The molecule has 0 amide bonds. The van der Waals surface area contributed by atoms with Gasteiger partial charge in [-0.3, -0.25) is 4.90 Å². The van der Waals surface area contributed by atoms with Crippen molar-refractivity contribution in [2.45, 2.75) is 24.1 Å². The Morgan fingerprint density at radius 3 is 2.62 bits per heavy atom. The molecule has 0 radical (unpaired) electrons. The summed E-state index contributed by atoms with van der Waals surface area (Å²) in [5.41, 5.74) is 0. The molecule has 2 saturated heterocycles. The molecular formula is C10H18N2S. The lowest BCUT2D eigenvalue weighted by molar-refractivity contribution is 0.259. The molecule has 0 aromatic rings. The fourth-order valence-corrected chi connectivity index (χ4v) is 2.41. The standard InChI is InChI=1S/C10H18N2S/c1-11-8-10(13)7-9(11)3-6-12-4-2-5-12/h3,6,9-10,13H,2,4-5,7-8H2,1H3/b6-3+/t9-,10+/m1/s1. The zero-order valence-corrected chi connectivity index (χ0v) is 9.08. The van der Waals surface area contributed by atoms with E-state index in [1.54, 1.807) is 0 Å². The second kappa shape index (κ2) is 3.93. The third kappa shape index (κ3) is 2.20. The van der Waals surface area contributed by atoms with E-state index in [2.05, 4.69) is 41.8 Å². The SMILES string of the molecule is CN1C[C@@H](S)C[C@H]1/C=C/N1CCC1. The predicted octanol–water partition coefficient (Wildman–Crippen LogP) is 1.21. The molecule has 0 bridgehead atoms. The smallest absolute Gasteiger partial charge is 0.0303 e. The van der Waals surface area contributed by atoms with E-state index >= 15 is 0 Å². The van der Waals surface area contributed by atoms with Gasteiger partial charge in [0.05, 0.1) is 0 Å².